The molecule has 1 saturated carbocycles. The molecule has 0 aliphatic heterocycles. The van der Waals surface area contributed by atoms with E-state index < -0.39 is 20.5 Å². The van der Waals surface area contributed by atoms with E-state index in [1.54, 1.807) is 0 Å². The number of aryl methyl sites for hydroxylation is 1. The first-order valence-electron chi connectivity index (χ1n) is 9.55. The van der Waals surface area contributed by atoms with Gasteiger partial charge in [-0.3, -0.25) is 10.0 Å². The Morgan fingerprint density at radius 1 is 1.33 bits per heavy atom. The summed E-state index contributed by atoms with van der Waals surface area (Å²) in [6.07, 6.45) is 3.75. The standard InChI is InChI=1S/C22H24N2O5S/c1-22(21(26)23-27,30(2,28)29)10-12-24-11-9-18-13-16(7-8-20(18)24)5-3-4-6-17-14-19(17)15-25/h7-9,11,13,17,19,25,27H,10,12,14-15H2,1-2H3,(H,23,26)/t17?,19-,22-/m1/s1. The van der Waals surface area contributed by atoms with Crippen molar-refractivity contribution in [3.05, 3.63) is 36.0 Å². The first-order valence-corrected chi connectivity index (χ1v) is 11.4. The van der Waals surface area contributed by atoms with E-state index in [2.05, 4.69) is 23.7 Å². The summed E-state index contributed by atoms with van der Waals surface area (Å²) in [5, 5.41) is 18.9. The number of aliphatic hydroxyl groups is 1. The monoisotopic (exact) mass is 428 g/mol. The van der Waals surface area contributed by atoms with Crippen molar-refractivity contribution in [3.8, 4) is 23.7 Å². The highest BCUT2D eigenvalue weighted by Gasteiger charge is 2.43. The van der Waals surface area contributed by atoms with Gasteiger partial charge in [-0.2, -0.15) is 0 Å². The van der Waals surface area contributed by atoms with Crippen LogP contribution in [0, 0.1) is 35.5 Å². The van der Waals surface area contributed by atoms with Gasteiger partial charge in [0, 0.05) is 48.0 Å². The summed E-state index contributed by atoms with van der Waals surface area (Å²) >= 11 is 0. The summed E-state index contributed by atoms with van der Waals surface area (Å²) in [7, 11) is -3.74. The minimum absolute atomic E-state index is 0.00908. The van der Waals surface area contributed by atoms with Crippen molar-refractivity contribution in [2.75, 3.05) is 12.9 Å². The van der Waals surface area contributed by atoms with Crippen molar-refractivity contribution in [1.29, 1.82) is 0 Å². The van der Waals surface area contributed by atoms with Crippen molar-refractivity contribution in [1.82, 2.24) is 10.0 Å². The van der Waals surface area contributed by atoms with Gasteiger partial charge in [0.25, 0.3) is 5.91 Å². The predicted molar refractivity (Wildman–Crippen MR) is 113 cm³/mol. The van der Waals surface area contributed by atoms with Crippen LogP contribution in [0.1, 0.15) is 25.3 Å². The molecule has 1 fully saturated rings. The molecule has 2 aromatic rings. The second-order valence-corrected chi connectivity index (χ2v) is 10.2. The summed E-state index contributed by atoms with van der Waals surface area (Å²) in [5.74, 6) is 11.3. The lowest BCUT2D eigenvalue weighted by Gasteiger charge is -2.25. The van der Waals surface area contributed by atoms with Crippen LogP contribution < -0.4 is 5.48 Å². The SMILES string of the molecule is C[C@@](CCn1ccc2cc(C#CC#CC3C[C@@H]3CO)ccc21)(C(=O)NO)S(C)(=O)=O. The van der Waals surface area contributed by atoms with Gasteiger partial charge in [0.2, 0.25) is 0 Å². The highest BCUT2D eigenvalue weighted by Crippen LogP contribution is 2.36. The normalized spacial score (nSPS) is 19.7. The molecule has 0 saturated heterocycles. The first-order chi connectivity index (χ1) is 14.2. The van der Waals surface area contributed by atoms with Crippen LogP contribution in [0.25, 0.3) is 10.9 Å². The minimum atomic E-state index is -3.74. The molecule has 1 unspecified atom stereocenters. The van der Waals surface area contributed by atoms with Gasteiger partial charge in [-0.15, -0.1) is 0 Å². The van der Waals surface area contributed by atoms with Crippen LogP contribution in [0.4, 0.5) is 0 Å². The summed E-state index contributed by atoms with van der Waals surface area (Å²) in [6, 6.07) is 7.56. The minimum Gasteiger partial charge on any atom is -0.396 e. The van der Waals surface area contributed by atoms with Gasteiger partial charge in [0.1, 0.15) is 0 Å². The molecule has 30 heavy (non-hydrogen) atoms. The molecule has 8 heteroatoms. The second kappa shape index (κ2) is 8.53. The molecular formula is C22H24N2O5S. The number of amides is 1. The zero-order chi connectivity index (χ0) is 21.9. The molecule has 3 N–H and O–H groups in total. The number of carbonyl (C=O) groups is 1. The number of benzene rings is 1. The fourth-order valence-electron chi connectivity index (χ4n) is 3.25. The summed E-state index contributed by atoms with van der Waals surface area (Å²) in [4.78, 5) is 12.0. The number of nitrogens with one attached hydrogen (secondary N) is 1. The number of nitrogens with zero attached hydrogens (tertiary/aromatic N) is 1. The molecule has 0 radical (unpaired) electrons. The van der Waals surface area contributed by atoms with Crippen LogP contribution in [0.5, 0.6) is 0 Å². The maximum Gasteiger partial charge on any atom is 0.264 e. The Labute approximate surface area is 176 Å². The van der Waals surface area contributed by atoms with E-state index in [1.807, 2.05) is 35.0 Å². The Bertz CT molecular complexity index is 1190. The molecule has 7 nitrogen and oxygen atoms in total. The van der Waals surface area contributed by atoms with Crippen LogP contribution in [-0.4, -0.2) is 46.8 Å². The Hall–Kier alpha value is -2.78. The predicted octanol–water partition coefficient (Wildman–Crippen LogP) is 1.32. The largest absolute Gasteiger partial charge is 0.396 e. The molecule has 1 aromatic carbocycles. The molecule has 3 rings (SSSR count). The lowest BCUT2D eigenvalue weighted by atomic mass is 10.1. The molecule has 158 valence electrons. The summed E-state index contributed by atoms with van der Waals surface area (Å²) in [5.41, 5.74) is 3.16. The number of carbonyl (C=O) groups excluding carboxylic acids is 1. The fourth-order valence-corrected chi connectivity index (χ4v) is 4.10. The average Bonchev–Trinajstić information content (AvgIpc) is 3.37. The molecular weight excluding hydrogens is 404 g/mol. The van der Waals surface area contributed by atoms with E-state index in [4.69, 9.17) is 10.3 Å². The van der Waals surface area contributed by atoms with Crippen molar-refractivity contribution < 1.29 is 23.5 Å². The number of fused-ring (bicyclic) bond motifs is 1. The number of rotatable bonds is 6. The van der Waals surface area contributed by atoms with Crippen molar-refractivity contribution in [2.45, 2.75) is 31.1 Å². The molecule has 1 amide bonds. The Kier molecular flexibility index (Phi) is 6.23. The van der Waals surface area contributed by atoms with E-state index >= 15 is 0 Å². The van der Waals surface area contributed by atoms with E-state index in [0.29, 0.717) is 5.92 Å². The maximum absolute atomic E-state index is 12.1. The van der Waals surface area contributed by atoms with Gasteiger partial charge < -0.3 is 9.67 Å². The molecule has 1 aliphatic carbocycles. The van der Waals surface area contributed by atoms with Gasteiger partial charge >= 0.3 is 0 Å². The average molecular weight is 429 g/mol. The molecule has 3 atom stereocenters. The van der Waals surface area contributed by atoms with Crippen LogP contribution in [0.3, 0.4) is 0 Å². The van der Waals surface area contributed by atoms with Crippen LogP contribution in [0.15, 0.2) is 30.5 Å². The number of hydrogen-bond donors (Lipinski definition) is 3. The summed E-state index contributed by atoms with van der Waals surface area (Å²) in [6.45, 7) is 1.76. The Morgan fingerprint density at radius 2 is 2.10 bits per heavy atom. The number of aliphatic hydroxyl groups excluding tert-OH is 1. The third kappa shape index (κ3) is 4.52. The van der Waals surface area contributed by atoms with Gasteiger partial charge in [0.15, 0.2) is 14.6 Å². The lowest BCUT2D eigenvalue weighted by molar-refractivity contribution is -0.131. The highest BCUT2D eigenvalue weighted by molar-refractivity contribution is 7.92. The van der Waals surface area contributed by atoms with Gasteiger partial charge in [0.05, 0.1) is 0 Å². The second-order valence-electron chi connectivity index (χ2n) is 7.78. The third-order valence-electron chi connectivity index (χ3n) is 5.69. The third-order valence-corrected chi connectivity index (χ3v) is 7.71. The zero-order valence-electron chi connectivity index (χ0n) is 16.8. The number of hydroxylamine groups is 1. The Morgan fingerprint density at radius 3 is 2.73 bits per heavy atom. The zero-order valence-corrected chi connectivity index (χ0v) is 17.7. The number of hydrogen-bond acceptors (Lipinski definition) is 5. The molecule has 0 spiro atoms. The van der Waals surface area contributed by atoms with Gasteiger partial charge in [-0.1, -0.05) is 11.8 Å². The fraction of sp³-hybridized carbons (Fsp3) is 0.409. The Balaban J connectivity index is 1.74. The highest BCUT2D eigenvalue weighted by atomic mass is 32.2. The number of sulfone groups is 1. The van der Waals surface area contributed by atoms with Crippen LogP contribution >= 0.6 is 0 Å². The quantitative estimate of drug-likeness (QED) is 0.365. The van der Waals surface area contributed by atoms with Gasteiger partial charge in [-0.25, -0.2) is 13.9 Å². The maximum atomic E-state index is 12.1. The first kappa shape index (κ1) is 21.9. The molecule has 1 aromatic heterocycles. The molecule has 1 aliphatic rings. The smallest absolute Gasteiger partial charge is 0.264 e. The van der Waals surface area contributed by atoms with Crippen molar-refractivity contribution in [2.24, 2.45) is 11.8 Å². The van der Waals surface area contributed by atoms with E-state index in [0.717, 1.165) is 29.1 Å². The van der Waals surface area contributed by atoms with E-state index in [-0.39, 0.29) is 25.5 Å². The topological polar surface area (TPSA) is 109 Å². The molecule has 0 bridgehead atoms. The van der Waals surface area contributed by atoms with Crippen LogP contribution in [0.2, 0.25) is 0 Å². The summed E-state index contributed by atoms with van der Waals surface area (Å²) < 4.78 is 24.3. The van der Waals surface area contributed by atoms with Gasteiger partial charge in [-0.05, 0) is 61.8 Å². The molecule has 1 heterocycles. The van der Waals surface area contributed by atoms with E-state index in [9.17, 15) is 13.2 Å². The van der Waals surface area contributed by atoms with Crippen molar-refractivity contribution >= 4 is 26.6 Å². The van der Waals surface area contributed by atoms with Crippen molar-refractivity contribution in [3.63, 3.8) is 0 Å². The van der Waals surface area contributed by atoms with Crippen LogP contribution in [-0.2, 0) is 21.2 Å². The lowest BCUT2D eigenvalue weighted by Crippen LogP contribution is -2.49. The number of aromatic nitrogens is 1. The van der Waals surface area contributed by atoms with E-state index in [1.165, 1.54) is 12.4 Å².